The fourth-order valence-electron chi connectivity index (χ4n) is 2.11. The second-order valence-corrected chi connectivity index (χ2v) is 4.81. The summed E-state index contributed by atoms with van der Waals surface area (Å²) >= 11 is 0. The van der Waals surface area contributed by atoms with Crippen LogP contribution in [-0.2, 0) is 4.79 Å². The molecule has 1 atom stereocenters. The van der Waals surface area contributed by atoms with E-state index in [1.54, 1.807) is 6.07 Å². The molecule has 2 rings (SSSR count). The first kappa shape index (κ1) is 14.2. The molecular weight excluding hydrogens is 258 g/mol. The maximum Gasteiger partial charge on any atom is 0.259 e. The molecule has 4 N–H and O–H groups in total. The predicted octanol–water partition coefficient (Wildman–Crippen LogP) is 0.884. The van der Waals surface area contributed by atoms with Gasteiger partial charge >= 0.3 is 0 Å². The van der Waals surface area contributed by atoms with Crippen LogP contribution >= 0.6 is 0 Å². The van der Waals surface area contributed by atoms with E-state index in [4.69, 9.17) is 5.73 Å². The molecule has 106 valence electrons. The van der Waals surface area contributed by atoms with Crippen molar-refractivity contribution >= 4 is 23.4 Å². The molecule has 3 amide bonds. The number of fused-ring (bicyclic) bond motifs is 1. The van der Waals surface area contributed by atoms with E-state index < -0.39 is 11.8 Å². The Labute approximate surface area is 116 Å². The van der Waals surface area contributed by atoms with Crippen molar-refractivity contribution in [3.8, 4) is 0 Å². The number of amides is 3. The Balaban J connectivity index is 2.08. The average Bonchev–Trinajstić information content (AvgIpc) is 2.71. The highest BCUT2D eigenvalue weighted by molar-refractivity contribution is 6.22. The van der Waals surface area contributed by atoms with Crippen LogP contribution < -0.4 is 16.4 Å². The van der Waals surface area contributed by atoms with Crippen molar-refractivity contribution in [2.75, 3.05) is 11.9 Å². The van der Waals surface area contributed by atoms with E-state index in [1.807, 2.05) is 6.92 Å². The van der Waals surface area contributed by atoms with Crippen LogP contribution in [0.1, 0.15) is 40.5 Å². The lowest BCUT2D eigenvalue weighted by atomic mass is 10.0. The molecule has 0 saturated carbocycles. The van der Waals surface area contributed by atoms with E-state index in [-0.39, 0.29) is 11.8 Å². The number of nitrogens with one attached hydrogen (secondary N) is 2. The summed E-state index contributed by atoms with van der Waals surface area (Å²) in [7, 11) is 0. The van der Waals surface area contributed by atoms with E-state index in [0.29, 0.717) is 29.8 Å². The molecule has 1 aromatic carbocycles. The topological polar surface area (TPSA) is 101 Å². The predicted molar refractivity (Wildman–Crippen MR) is 74.3 cm³/mol. The van der Waals surface area contributed by atoms with Crippen LogP contribution in [0.15, 0.2) is 18.2 Å². The minimum Gasteiger partial charge on any atom is -0.330 e. The van der Waals surface area contributed by atoms with Crippen molar-refractivity contribution in [2.45, 2.75) is 19.8 Å². The van der Waals surface area contributed by atoms with Crippen molar-refractivity contribution in [2.24, 2.45) is 11.7 Å². The van der Waals surface area contributed by atoms with Gasteiger partial charge in [-0.15, -0.1) is 0 Å². The maximum atomic E-state index is 11.9. The van der Waals surface area contributed by atoms with Crippen LogP contribution in [0, 0.1) is 5.92 Å². The monoisotopic (exact) mass is 275 g/mol. The van der Waals surface area contributed by atoms with Crippen LogP contribution in [0.3, 0.4) is 0 Å². The summed E-state index contributed by atoms with van der Waals surface area (Å²) < 4.78 is 0. The zero-order valence-electron chi connectivity index (χ0n) is 11.2. The van der Waals surface area contributed by atoms with Crippen molar-refractivity contribution in [1.29, 1.82) is 0 Å². The molecule has 0 aliphatic carbocycles. The highest BCUT2D eigenvalue weighted by Crippen LogP contribution is 2.20. The van der Waals surface area contributed by atoms with Crippen molar-refractivity contribution < 1.29 is 14.4 Å². The number of carbonyl (C=O) groups is 3. The van der Waals surface area contributed by atoms with E-state index >= 15 is 0 Å². The normalized spacial score (nSPS) is 14.7. The second-order valence-electron chi connectivity index (χ2n) is 4.81. The molecule has 1 aromatic rings. The Morgan fingerprint density at radius 2 is 2.00 bits per heavy atom. The lowest BCUT2D eigenvalue weighted by Gasteiger charge is -2.12. The molecule has 0 aromatic heterocycles. The molecule has 20 heavy (non-hydrogen) atoms. The van der Waals surface area contributed by atoms with Gasteiger partial charge in [0.05, 0.1) is 11.1 Å². The van der Waals surface area contributed by atoms with Gasteiger partial charge in [-0.3, -0.25) is 19.7 Å². The lowest BCUT2D eigenvalue weighted by Crippen LogP contribution is -2.21. The number of rotatable bonds is 5. The summed E-state index contributed by atoms with van der Waals surface area (Å²) in [5.41, 5.74) is 6.69. The number of hydrogen-bond acceptors (Lipinski definition) is 4. The third-order valence-electron chi connectivity index (χ3n) is 3.40. The van der Waals surface area contributed by atoms with Gasteiger partial charge in [0.25, 0.3) is 11.8 Å². The molecule has 0 radical (unpaired) electrons. The minimum atomic E-state index is -0.436. The molecule has 6 heteroatoms. The minimum absolute atomic E-state index is 0.146. The second kappa shape index (κ2) is 5.83. The van der Waals surface area contributed by atoms with Gasteiger partial charge in [0.2, 0.25) is 5.91 Å². The number of anilines is 1. The molecule has 0 bridgehead atoms. The zero-order valence-corrected chi connectivity index (χ0v) is 11.2. The van der Waals surface area contributed by atoms with Crippen LogP contribution in [-0.4, -0.2) is 24.3 Å². The van der Waals surface area contributed by atoms with Gasteiger partial charge in [-0.25, -0.2) is 0 Å². The first-order valence-corrected chi connectivity index (χ1v) is 6.54. The Morgan fingerprint density at radius 3 is 2.65 bits per heavy atom. The van der Waals surface area contributed by atoms with Gasteiger partial charge in [-0.2, -0.15) is 0 Å². The van der Waals surface area contributed by atoms with Crippen molar-refractivity contribution in [3.63, 3.8) is 0 Å². The molecule has 0 spiro atoms. The average molecular weight is 275 g/mol. The van der Waals surface area contributed by atoms with Gasteiger partial charge in [-0.05, 0) is 30.7 Å². The van der Waals surface area contributed by atoms with Gasteiger partial charge in [0.1, 0.15) is 0 Å². The third kappa shape index (κ3) is 2.85. The Bertz CT molecular complexity index is 565. The summed E-state index contributed by atoms with van der Waals surface area (Å²) in [4.78, 5) is 34.8. The standard InChI is InChI=1S/C14H17N3O3/c1-2-8(7-15)5-12(18)16-9-3-4-10-11(6-9)14(20)17-13(10)19/h3-4,6,8H,2,5,7,15H2,1H3,(H,16,18)(H,17,19,20). The SMILES string of the molecule is CCC(CN)CC(=O)Nc1ccc2c(c1)C(=O)NC2=O. The van der Waals surface area contributed by atoms with Crippen LogP contribution in [0.2, 0.25) is 0 Å². The molecular formula is C14H17N3O3. The Kier molecular flexibility index (Phi) is 4.14. The Hall–Kier alpha value is -2.21. The molecule has 1 aliphatic rings. The number of benzene rings is 1. The van der Waals surface area contributed by atoms with E-state index in [9.17, 15) is 14.4 Å². The van der Waals surface area contributed by atoms with E-state index in [0.717, 1.165) is 6.42 Å². The number of hydrogen-bond donors (Lipinski definition) is 3. The van der Waals surface area contributed by atoms with Gasteiger partial charge < -0.3 is 11.1 Å². The van der Waals surface area contributed by atoms with E-state index in [1.165, 1.54) is 12.1 Å². The van der Waals surface area contributed by atoms with Gasteiger partial charge in [0.15, 0.2) is 0 Å². The van der Waals surface area contributed by atoms with E-state index in [2.05, 4.69) is 10.6 Å². The molecule has 1 heterocycles. The molecule has 6 nitrogen and oxygen atoms in total. The molecule has 0 fully saturated rings. The summed E-state index contributed by atoms with van der Waals surface area (Å²) in [5, 5.41) is 4.93. The number of nitrogens with two attached hydrogens (primary N) is 1. The zero-order chi connectivity index (χ0) is 14.7. The Morgan fingerprint density at radius 1 is 1.30 bits per heavy atom. The lowest BCUT2D eigenvalue weighted by molar-refractivity contribution is -0.117. The first-order chi connectivity index (χ1) is 9.55. The van der Waals surface area contributed by atoms with Crippen LogP contribution in [0.25, 0.3) is 0 Å². The maximum absolute atomic E-state index is 11.9. The summed E-state index contributed by atoms with van der Waals surface area (Å²) in [6.07, 6.45) is 1.18. The largest absolute Gasteiger partial charge is 0.330 e. The summed E-state index contributed by atoms with van der Waals surface area (Å²) in [6, 6.07) is 4.65. The molecule has 0 saturated heterocycles. The smallest absolute Gasteiger partial charge is 0.259 e. The van der Waals surface area contributed by atoms with Crippen LogP contribution in [0.5, 0.6) is 0 Å². The summed E-state index contributed by atoms with van der Waals surface area (Å²) in [5.74, 6) is -0.840. The fraction of sp³-hybridized carbons (Fsp3) is 0.357. The summed E-state index contributed by atoms with van der Waals surface area (Å²) in [6.45, 7) is 2.45. The fourth-order valence-corrected chi connectivity index (χ4v) is 2.11. The quantitative estimate of drug-likeness (QED) is 0.694. The van der Waals surface area contributed by atoms with Gasteiger partial charge in [0, 0.05) is 12.1 Å². The number of carbonyl (C=O) groups excluding carboxylic acids is 3. The first-order valence-electron chi connectivity index (χ1n) is 6.54. The third-order valence-corrected chi connectivity index (χ3v) is 3.40. The van der Waals surface area contributed by atoms with Crippen molar-refractivity contribution in [1.82, 2.24) is 5.32 Å². The molecule has 1 unspecified atom stereocenters. The number of imide groups is 1. The highest BCUT2D eigenvalue weighted by atomic mass is 16.2. The van der Waals surface area contributed by atoms with Crippen molar-refractivity contribution in [3.05, 3.63) is 29.3 Å². The molecule has 1 aliphatic heterocycles. The highest BCUT2D eigenvalue weighted by Gasteiger charge is 2.26. The van der Waals surface area contributed by atoms with Gasteiger partial charge in [-0.1, -0.05) is 13.3 Å². The van der Waals surface area contributed by atoms with Crippen LogP contribution in [0.4, 0.5) is 5.69 Å².